The van der Waals surface area contributed by atoms with Gasteiger partial charge in [0.1, 0.15) is 5.01 Å². The summed E-state index contributed by atoms with van der Waals surface area (Å²) in [7, 11) is 3.54. The van der Waals surface area contributed by atoms with E-state index in [1.807, 2.05) is 35.8 Å². The molecule has 1 unspecified atom stereocenters. The SMILES string of the molecule is CC(Nc1ccc(CC(=O)N(C)C)cc1)c1nccs1. The van der Waals surface area contributed by atoms with E-state index in [0.717, 1.165) is 16.3 Å². The Hall–Kier alpha value is -1.88. The third-order valence-electron chi connectivity index (χ3n) is 3.01. The highest BCUT2D eigenvalue weighted by molar-refractivity contribution is 7.09. The second kappa shape index (κ2) is 6.52. The molecule has 20 heavy (non-hydrogen) atoms. The maximum atomic E-state index is 11.6. The summed E-state index contributed by atoms with van der Waals surface area (Å²) in [6, 6.07) is 8.16. The number of benzene rings is 1. The van der Waals surface area contributed by atoms with E-state index in [1.54, 1.807) is 30.3 Å². The second-order valence-corrected chi connectivity index (χ2v) is 5.82. The summed E-state index contributed by atoms with van der Waals surface area (Å²) in [5, 5.41) is 6.44. The van der Waals surface area contributed by atoms with Crippen molar-refractivity contribution >= 4 is 22.9 Å². The van der Waals surface area contributed by atoms with E-state index in [9.17, 15) is 4.79 Å². The Morgan fingerprint density at radius 1 is 1.35 bits per heavy atom. The first-order valence-corrected chi connectivity index (χ1v) is 7.39. The standard InChI is InChI=1S/C15H19N3OS/c1-11(15-16-8-9-20-15)17-13-6-4-12(5-7-13)10-14(19)18(2)3/h4-9,11,17H,10H2,1-3H3. The molecule has 2 rings (SSSR count). The van der Waals surface area contributed by atoms with Crippen LogP contribution in [0.1, 0.15) is 23.5 Å². The first kappa shape index (κ1) is 14.5. The Morgan fingerprint density at radius 2 is 2.05 bits per heavy atom. The van der Waals surface area contributed by atoms with Crippen LogP contribution in [0, 0.1) is 0 Å². The number of hydrogen-bond acceptors (Lipinski definition) is 4. The van der Waals surface area contributed by atoms with Gasteiger partial charge >= 0.3 is 0 Å². The molecule has 1 aromatic heterocycles. The van der Waals surface area contributed by atoms with Gasteiger partial charge in [0.05, 0.1) is 12.5 Å². The fraction of sp³-hybridized carbons (Fsp3) is 0.333. The Balaban J connectivity index is 1.96. The molecule has 1 aromatic carbocycles. The third-order valence-corrected chi connectivity index (χ3v) is 3.97. The van der Waals surface area contributed by atoms with E-state index in [2.05, 4.69) is 17.2 Å². The van der Waals surface area contributed by atoms with Gasteiger partial charge in [-0.3, -0.25) is 4.79 Å². The number of likely N-dealkylation sites (N-methyl/N-ethyl adjacent to an activating group) is 1. The van der Waals surface area contributed by atoms with Crippen molar-refractivity contribution in [2.45, 2.75) is 19.4 Å². The predicted octanol–water partition coefficient (Wildman–Crippen LogP) is 2.95. The zero-order chi connectivity index (χ0) is 14.5. The molecule has 0 spiro atoms. The summed E-state index contributed by atoms with van der Waals surface area (Å²) in [6.07, 6.45) is 2.25. The summed E-state index contributed by atoms with van der Waals surface area (Å²) in [6.45, 7) is 2.09. The van der Waals surface area contributed by atoms with E-state index < -0.39 is 0 Å². The summed E-state index contributed by atoms with van der Waals surface area (Å²) in [4.78, 5) is 17.5. The fourth-order valence-corrected chi connectivity index (χ4v) is 2.46. The van der Waals surface area contributed by atoms with Gasteiger partial charge in [-0.1, -0.05) is 12.1 Å². The largest absolute Gasteiger partial charge is 0.376 e. The molecule has 0 aliphatic rings. The molecule has 5 heteroatoms. The van der Waals surface area contributed by atoms with Gasteiger partial charge < -0.3 is 10.2 Å². The van der Waals surface area contributed by atoms with Gasteiger partial charge in [-0.25, -0.2) is 4.98 Å². The normalized spacial score (nSPS) is 11.9. The summed E-state index contributed by atoms with van der Waals surface area (Å²) in [5.41, 5.74) is 2.06. The zero-order valence-corrected chi connectivity index (χ0v) is 12.8. The number of anilines is 1. The van der Waals surface area contributed by atoms with Crippen LogP contribution in [0.4, 0.5) is 5.69 Å². The molecule has 1 atom stereocenters. The highest BCUT2D eigenvalue weighted by atomic mass is 32.1. The van der Waals surface area contributed by atoms with E-state index in [-0.39, 0.29) is 11.9 Å². The van der Waals surface area contributed by atoms with Crippen molar-refractivity contribution in [3.63, 3.8) is 0 Å². The van der Waals surface area contributed by atoms with Gasteiger partial charge in [0.25, 0.3) is 0 Å². The van der Waals surface area contributed by atoms with Crippen LogP contribution in [-0.4, -0.2) is 29.9 Å². The molecule has 0 bridgehead atoms. The van der Waals surface area contributed by atoms with E-state index >= 15 is 0 Å². The maximum Gasteiger partial charge on any atom is 0.226 e. The fourth-order valence-electron chi connectivity index (χ4n) is 1.81. The summed E-state index contributed by atoms with van der Waals surface area (Å²) in [5.74, 6) is 0.113. The number of rotatable bonds is 5. The lowest BCUT2D eigenvalue weighted by Crippen LogP contribution is -2.23. The van der Waals surface area contributed by atoms with Crippen molar-refractivity contribution in [1.82, 2.24) is 9.88 Å². The van der Waals surface area contributed by atoms with Gasteiger partial charge in [-0.15, -0.1) is 11.3 Å². The Bertz CT molecular complexity index is 549. The lowest BCUT2D eigenvalue weighted by molar-refractivity contribution is -0.127. The van der Waals surface area contributed by atoms with Crippen LogP contribution in [0.25, 0.3) is 0 Å². The van der Waals surface area contributed by atoms with Crippen molar-refractivity contribution in [3.8, 4) is 0 Å². The predicted molar refractivity (Wildman–Crippen MR) is 83.0 cm³/mol. The van der Waals surface area contributed by atoms with Crippen LogP contribution in [-0.2, 0) is 11.2 Å². The van der Waals surface area contributed by atoms with Gasteiger partial charge in [-0.05, 0) is 24.6 Å². The molecule has 0 fully saturated rings. The number of nitrogens with one attached hydrogen (secondary N) is 1. The number of carbonyl (C=O) groups excluding carboxylic acids is 1. The smallest absolute Gasteiger partial charge is 0.226 e. The minimum Gasteiger partial charge on any atom is -0.376 e. The summed E-state index contributed by atoms with van der Waals surface area (Å²) < 4.78 is 0. The molecule has 1 heterocycles. The number of nitrogens with zero attached hydrogens (tertiary/aromatic N) is 2. The first-order chi connectivity index (χ1) is 9.56. The Kier molecular flexibility index (Phi) is 4.74. The molecule has 106 valence electrons. The van der Waals surface area contributed by atoms with Crippen molar-refractivity contribution in [2.24, 2.45) is 0 Å². The van der Waals surface area contributed by atoms with Crippen molar-refractivity contribution in [2.75, 3.05) is 19.4 Å². The topological polar surface area (TPSA) is 45.2 Å². The lowest BCUT2D eigenvalue weighted by Gasteiger charge is -2.14. The highest BCUT2D eigenvalue weighted by Gasteiger charge is 2.08. The van der Waals surface area contributed by atoms with Crippen LogP contribution in [0.5, 0.6) is 0 Å². The highest BCUT2D eigenvalue weighted by Crippen LogP contribution is 2.21. The number of amides is 1. The number of carbonyl (C=O) groups is 1. The van der Waals surface area contributed by atoms with Crippen LogP contribution in [0.15, 0.2) is 35.8 Å². The Morgan fingerprint density at radius 3 is 2.60 bits per heavy atom. The molecule has 0 saturated heterocycles. The van der Waals surface area contributed by atoms with Crippen LogP contribution >= 0.6 is 11.3 Å². The molecule has 4 nitrogen and oxygen atoms in total. The molecule has 0 saturated carbocycles. The number of aromatic nitrogens is 1. The molecule has 0 aliphatic carbocycles. The second-order valence-electron chi connectivity index (χ2n) is 4.90. The molecule has 2 aromatic rings. The average molecular weight is 289 g/mol. The molecule has 0 aliphatic heterocycles. The molecule has 1 N–H and O–H groups in total. The first-order valence-electron chi connectivity index (χ1n) is 6.51. The van der Waals surface area contributed by atoms with E-state index in [1.165, 1.54) is 0 Å². The quantitative estimate of drug-likeness (QED) is 0.920. The number of hydrogen-bond donors (Lipinski definition) is 1. The van der Waals surface area contributed by atoms with E-state index in [0.29, 0.717) is 6.42 Å². The summed E-state index contributed by atoms with van der Waals surface area (Å²) >= 11 is 1.64. The van der Waals surface area contributed by atoms with Gasteiger partial charge in [0, 0.05) is 31.4 Å². The van der Waals surface area contributed by atoms with Crippen molar-refractivity contribution in [1.29, 1.82) is 0 Å². The Labute approximate surface area is 123 Å². The van der Waals surface area contributed by atoms with Crippen LogP contribution in [0.3, 0.4) is 0 Å². The zero-order valence-electron chi connectivity index (χ0n) is 12.0. The molecule has 0 radical (unpaired) electrons. The minimum absolute atomic E-state index is 0.113. The van der Waals surface area contributed by atoms with Gasteiger partial charge in [-0.2, -0.15) is 0 Å². The van der Waals surface area contributed by atoms with Crippen LogP contribution < -0.4 is 5.32 Å². The monoisotopic (exact) mass is 289 g/mol. The van der Waals surface area contributed by atoms with Crippen molar-refractivity contribution in [3.05, 3.63) is 46.4 Å². The van der Waals surface area contributed by atoms with Gasteiger partial charge in [0.2, 0.25) is 5.91 Å². The average Bonchev–Trinajstić information content (AvgIpc) is 2.95. The minimum atomic E-state index is 0.113. The lowest BCUT2D eigenvalue weighted by atomic mass is 10.1. The molecule has 1 amide bonds. The third kappa shape index (κ3) is 3.81. The van der Waals surface area contributed by atoms with Gasteiger partial charge in [0.15, 0.2) is 0 Å². The molecular weight excluding hydrogens is 270 g/mol. The molecular formula is C15H19N3OS. The van der Waals surface area contributed by atoms with Crippen molar-refractivity contribution < 1.29 is 4.79 Å². The number of thiazole rings is 1. The maximum absolute atomic E-state index is 11.6. The van der Waals surface area contributed by atoms with E-state index in [4.69, 9.17) is 0 Å². The van der Waals surface area contributed by atoms with Crippen LogP contribution in [0.2, 0.25) is 0 Å².